The van der Waals surface area contributed by atoms with Crippen LogP contribution in [0, 0.1) is 0 Å². The number of oxazole rings is 1. The summed E-state index contributed by atoms with van der Waals surface area (Å²) in [6, 6.07) is 13.4. The highest BCUT2D eigenvalue weighted by Crippen LogP contribution is 2.34. The Hall–Kier alpha value is -2.92. The first-order valence-corrected chi connectivity index (χ1v) is 7.31. The highest BCUT2D eigenvalue weighted by Gasteiger charge is 2.15. The summed E-state index contributed by atoms with van der Waals surface area (Å²) in [6.07, 6.45) is 2.90. The fourth-order valence-electron chi connectivity index (χ4n) is 2.47. The maximum Gasteiger partial charge on any atom is 0.182 e. The number of hydrogen-bond acceptors (Lipinski definition) is 5. The first-order valence-electron chi connectivity index (χ1n) is 6.93. The molecule has 23 heavy (non-hydrogen) atoms. The van der Waals surface area contributed by atoms with Crippen LogP contribution >= 0.6 is 11.6 Å². The second-order valence-corrected chi connectivity index (χ2v) is 5.42. The molecule has 2 aromatic carbocycles. The van der Waals surface area contributed by atoms with Gasteiger partial charge in [-0.15, -0.1) is 0 Å². The molecule has 0 spiro atoms. The van der Waals surface area contributed by atoms with Gasteiger partial charge >= 0.3 is 0 Å². The van der Waals surface area contributed by atoms with Gasteiger partial charge in [0.05, 0.1) is 22.6 Å². The third-order valence-corrected chi connectivity index (χ3v) is 3.79. The highest BCUT2D eigenvalue weighted by molar-refractivity contribution is 6.35. The quantitative estimate of drug-likeness (QED) is 0.598. The zero-order valence-corrected chi connectivity index (χ0v) is 12.7. The molecular weight excluding hydrogens is 312 g/mol. The van der Waals surface area contributed by atoms with Crippen LogP contribution < -0.4 is 5.73 Å². The van der Waals surface area contributed by atoms with Gasteiger partial charge in [-0.05, 0) is 12.1 Å². The van der Waals surface area contributed by atoms with Gasteiger partial charge < -0.3 is 10.2 Å². The van der Waals surface area contributed by atoms with E-state index in [1.165, 1.54) is 12.6 Å². The average molecular weight is 323 g/mol. The van der Waals surface area contributed by atoms with E-state index < -0.39 is 0 Å². The lowest BCUT2D eigenvalue weighted by atomic mass is 10.0. The van der Waals surface area contributed by atoms with Crippen molar-refractivity contribution >= 4 is 28.5 Å². The van der Waals surface area contributed by atoms with E-state index in [2.05, 4.69) is 15.0 Å². The molecule has 2 N–H and O–H groups in total. The summed E-state index contributed by atoms with van der Waals surface area (Å²) >= 11 is 6.29. The van der Waals surface area contributed by atoms with Gasteiger partial charge in [-0.25, -0.2) is 9.97 Å². The number of rotatable bonds is 2. The Bertz CT molecular complexity index is 998. The summed E-state index contributed by atoms with van der Waals surface area (Å²) in [7, 11) is 0. The minimum atomic E-state index is 0.361. The van der Waals surface area contributed by atoms with Gasteiger partial charge in [0.1, 0.15) is 11.3 Å². The maximum atomic E-state index is 6.29. The fourth-order valence-corrected chi connectivity index (χ4v) is 2.73. The number of benzene rings is 2. The lowest BCUT2D eigenvalue weighted by Gasteiger charge is -2.09. The molecule has 0 unspecified atom stereocenters. The highest BCUT2D eigenvalue weighted by atomic mass is 35.5. The lowest BCUT2D eigenvalue weighted by molar-refractivity contribution is 0.602. The van der Waals surface area contributed by atoms with Crippen LogP contribution in [0.5, 0.6) is 0 Å². The van der Waals surface area contributed by atoms with Crippen molar-refractivity contribution in [1.82, 2.24) is 15.0 Å². The van der Waals surface area contributed by atoms with Crippen LogP contribution in [0.15, 0.2) is 59.5 Å². The Balaban J connectivity index is 1.97. The molecule has 5 nitrogen and oxygen atoms in total. The first kappa shape index (κ1) is 13.7. The van der Waals surface area contributed by atoms with Gasteiger partial charge in [0.2, 0.25) is 0 Å². The van der Waals surface area contributed by atoms with Crippen molar-refractivity contribution in [2.45, 2.75) is 0 Å². The number of hydrogen-bond donors (Lipinski definition) is 1. The molecule has 0 fully saturated rings. The van der Waals surface area contributed by atoms with E-state index in [1.807, 2.05) is 36.4 Å². The van der Waals surface area contributed by atoms with E-state index >= 15 is 0 Å². The van der Waals surface area contributed by atoms with Crippen molar-refractivity contribution in [1.29, 1.82) is 0 Å². The fraction of sp³-hybridized carbons (Fsp3) is 0. The Morgan fingerprint density at radius 1 is 0.957 bits per heavy atom. The molecule has 4 rings (SSSR count). The molecule has 0 aliphatic carbocycles. The molecule has 4 aromatic rings. The van der Waals surface area contributed by atoms with Gasteiger partial charge in [0.15, 0.2) is 12.0 Å². The number of anilines is 1. The molecule has 0 bridgehead atoms. The largest absolute Gasteiger partial charge is 0.443 e. The molecule has 0 radical (unpaired) electrons. The molecule has 112 valence electrons. The number of nitrogens with two attached hydrogens (primary N) is 1. The molecule has 0 aliphatic rings. The van der Waals surface area contributed by atoms with Crippen LogP contribution in [0.4, 0.5) is 5.82 Å². The van der Waals surface area contributed by atoms with Gasteiger partial charge in [-0.2, -0.15) is 0 Å². The number of halogens is 1. The Morgan fingerprint density at radius 3 is 2.61 bits per heavy atom. The molecule has 0 aliphatic heterocycles. The minimum Gasteiger partial charge on any atom is -0.443 e. The molecular formula is C17H11ClN4O. The van der Waals surface area contributed by atoms with Crippen LogP contribution in [0.25, 0.3) is 33.6 Å². The van der Waals surface area contributed by atoms with E-state index in [0.29, 0.717) is 33.3 Å². The van der Waals surface area contributed by atoms with E-state index in [-0.39, 0.29) is 0 Å². The van der Waals surface area contributed by atoms with Crippen molar-refractivity contribution in [2.75, 3.05) is 5.73 Å². The van der Waals surface area contributed by atoms with Crippen molar-refractivity contribution in [3.05, 3.63) is 60.1 Å². The first-order chi connectivity index (χ1) is 11.2. The molecule has 0 saturated heterocycles. The maximum absolute atomic E-state index is 6.29. The summed E-state index contributed by atoms with van der Waals surface area (Å²) in [5.41, 5.74) is 10.2. The van der Waals surface area contributed by atoms with Crippen molar-refractivity contribution < 1.29 is 4.42 Å². The van der Waals surface area contributed by atoms with Crippen LogP contribution in [0.1, 0.15) is 0 Å². The number of nitrogen functional groups attached to an aromatic ring is 1. The number of nitrogens with zero attached hydrogens (tertiary/aromatic N) is 3. The lowest BCUT2D eigenvalue weighted by Crippen LogP contribution is -1.98. The summed E-state index contributed by atoms with van der Waals surface area (Å²) in [5, 5.41) is 0.504. The summed E-state index contributed by atoms with van der Waals surface area (Å²) in [4.78, 5) is 13.0. The third-order valence-electron chi connectivity index (χ3n) is 3.50. The zero-order chi connectivity index (χ0) is 15.8. The summed E-state index contributed by atoms with van der Waals surface area (Å²) in [5.74, 6) is 0.361. The topological polar surface area (TPSA) is 77.8 Å². The second-order valence-electron chi connectivity index (χ2n) is 5.02. The number of fused-ring (bicyclic) bond motifs is 1. The van der Waals surface area contributed by atoms with E-state index in [4.69, 9.17) is 21.8 Å². The van der Waals surface area contributed by atoms with Crippen molar-refractivity contribution in [3.8, 4) is 22.5 Å². The molecule has 0 amide bonds. The predicted molar refractivity (Wildman–Crippen MR) is 89.9 cm³/mol. The zero-order valence-electron chi connectivity index (χ0n) is 11.9. The van der Waals surface area contributed by atoms with Crippen molar-refractivity contribution in [3.63, 3.8) is 0 Å². The van der Waals surface area contributed by atoms with Crippen LogP contribution in [0.3, 0.4) is 0 Å². The molecule has 0 saturated carbocycles. The molecule has 2 heterocycles. The Kier molecular flexibility index (Phi) is 3.20. The van der Waals surface area contributed by atoms with Crippen LogP contribution in [-0.2, 0) is 0 Å². The molecule has 6 heteroatoms. The number of aromatic nitrogens is 3. The Labute approximate surface area is 136 Å². The van der Waals surface area contributed by atoms with Crippen LogP contribution in [-0.4, -0.2) is 15.0 Å². The standard InChI is InChI=1S/C17H11ClN4O/c18-12-6-11(7-13-17(12)21-9-23-13)15-16(22-14(19)8-20-15)10-4-2-1-3-5-10/h1-9H,(H2,19,22). The summed E-state index contributed by atoms with van der Waals surface area (Å²) < 4.78 is 5.36. The van der Waals surface area contributed by atoms with E-state index in [0.717, 1.165) is 11.1 Å². The van der Waals surface area contributed by atoms with Gasteiger partial charge in [-0.1, -0.05) is 41.9 Å². The third kappa shape index (κ3) is 2.41. The van der Waals surface area contributed by atoms with Crippen LogP contribution in [0.2, 0.25) is 5.02 Å². The SMILES string of the molecule is Nc1cnc(-c2cc(Cl)c3ncoc3c2)c(-c2ccccc2)n1. The van der Waals surface area contributed by atoms with Crippen molar-refractivity contribution in [2.24, 2.45) is 0 Å². The smallest absolute Gasteiger partial charge is 0.182 e. The van der Waals surface area contributed by atoms with Gasteiger partial charge in [0, 0.05) is 11.1 Å². The molecule has 0 atom stereocenters. The van der Waals surface area contributed by atoms with Gasteiger partial charge in [-0.3, -0.25) is 4.98 Å². The monoisotopic (exact) mass is 322 g/mol. The predicted octanol–water partition coefficient (Wildman–Crippen LogP) is 4.19. The minimum absolute atomic E-state index is 0.361. The van der Waals surface area contributed by atoms with E-state index in [9.17, 15) is 0 Å². The van der Waals surface area contributed by atoms with Gasteiger partial charge in [0.25, 0.3) is 0 Å². The normalized spacial score (nSPS) is 11.0. The molecule has 2 aromatic heterocycles. The Morgan fingerprint density at radius 2 is 1.78 bits per heavy atom. The van der Waals surface area contributed by atoms with E-state index in [1.54, 1.807) is 6.07 Å². The average Bonchev–Trinajstić information content (AvgIpc) is 3.05. The summed E-state index contributed by atoms with van der Waals surface area (Å²) in [6.45, 7) is 0. The second kappa shape index (κ2) is 5.37.